The molecular weight excluding hydrogens is 256 g/mol. The van der Waals surface area contributed by atoms with Crippen LogP contribution in [0.25, 0.3) is 0 Å². The Labute approximate surface area is 118 Å². The minimum atomic E-state index is -0.305. The van der Waals surface area contributed by atoms with Gasteiger partial charge in [0.1, 0.15) is 17.6 Å². The van der Waals surface area contributed by atoms with Crippen LogP contribution in [-0.2, 0) is 27.1 Å². The molecule has 4 nitrogen and oxygen atoms in total. The second kappa shape index (κ2) is 5.57. The molecule has 2 heterocycles. The third-order valence-electron chi connectivity index (χ3n) is 3.76. The molecule has 2 aliphatic rings. The van der Waals surface area contributed by atoms with Gasteiger partial charge in [0.05, 0.1) is 19.8 Å². The first-order valence-electron chi connectivity index (χ1n) is 6.94. The number of cyclic esters (lactones) is 1. The monoisotopic (exact) mass is 274 g/mol. The average Bonchev–Trinajstić information content (AvgIpc) is 2.92. The van der Waals surface area contributed by atoms with E-state index in [0.717, 1.165) is 31.6 Å². The Balaban J connectivity index is 1.60. The first-order valence-corrected chi connectivity index (χ1v) is 6.94. The van der Waals surface area contributed by atoms with E-state index in [4.69, 9.17) is 14.2 Å². The molecule has 0 spiro atoms. The van der Waals surface area contributed by atoms with Crippen LogP contribution >= 0.6 is 0 Å². The Kier molecular flexibility index (Phi) is 3.63. The Morgan fingerprint density at radius 1 is 1.40 bits per heavy atom. The summed E-state index contributed by atoms with van der Waals surface area (Å²) in [6.07, 6.45) is 4.68. The molecule has 4 heteroatoms. The van der Waals surface area contributed by atoms with E-state index in [1.807, 2.05) is 6.07 Å². The van der Waals surface area contributed by atoms with Gasteiger partial charge in [0.25, 0.3) is 0 Å². The zero-order valence-electron chi connectivity index (χ0n) is 11.6. The number of ether oxygens (including phenoxy) is 3. The van der Waals surface area contributed by atoms with Gasteiger partial charge in [-0.3, -0.25) is 0 Å². The summed E-state index contributed by atoms with van der Waals surface area (Å²) in [6, 6.07) is 6.31. The van der Waals surface area contributed by atoms with Crippen molar-refractivity contribution in [3.8, 4) is 5.75 Å². The highest BCUT2D eigenvalue weighted by Gasteiger charge is 2.22. The molecule has 3 rings (SSSR count). The van der Waals surface area contributed by atoms with Crippen LogP contribution in [0, 0.1) is 0 Å². The van der Waals surface area contributed by atoms with Crippen LogP contribution in [0.4, 0.5) is 0 Å². The first-order chi connectivity index (χ1) is 9.74. The molecule has 2 aliphatic heterocycles. The zero-order valence-corrected chi connectivity index (χ0v) is 11.6. The summed E-state index contributed by atoms with van der Waals surface area (Å²) in [5, 5.41) is 0. The molecule has 0 bridgehead atoms. The van der Waals surface area contributed by atoms with Crippen LogP contribution in [0.5, 0.6) is 5.75 Å². The Hall–Kier alpha value is -1.97. The molecule has 0 N–H and O–H groups in total. The Bertz CT molecular complexity index is 547. The minimum absolute atomic E-state index is 0.0908. The molecule has 20 heavy (non-hydrogen) atoms. The maximum Gasteiger partial charge on any atom is 0.334 e. The molecule has 0 saturated carbocycles. The van der Waals surface area contributed by atoms with Crippen LogP contribution < -0.4 is 4.74 Å². The van der Waals surface area contributed by atoms with Gasteiger partial charge in [-0.1, -0.05) is 12.1 Å². The number of methoxy groups -OCH3 is 1. The van der Waals surface area contributed by atoms with Crippen LogP contribution in [-0.4, -0.2) is 25.8 Å². The van der Waals surface area contributed by atoms with Gasteiger partial charge in [-0.25, -0.2) is 4.79 Å². The van der Waals surface area contributed by atoms with Crippen LogP contribution in [0.15, 0.2) is 30.0 Å². The normalized spacial score (nSPS) is 20.8. The van der Waals surface area contributed by atoms with Gasteiger partial charge < -0.3 is 14.2 Å². The van der Waals surface area contributed by atoms with Gasteiger partial charge in [0.2, 0.25) is 0 Å². The first kappa shape index (κ1) is 13.0. The zero-order chi connectivity index (χ0) is 13.9. The highest BCUT2D eigenvalue weighted by Crippen LogP contribution is 2.27. The molecule has 0 aromatic heterocycles. The molecular formula is C16H18O4. The summed E-state index contributed by atoms with van der Waals surface area (Å²) in [5.74, 6) is 1.40. The predicted octanol–water partition coefficient (Wildman–Crippen LogP) is 2.40. The molecule has 0 saturated heterocycles. The minimum Gasteiger partial charge on any atom is -0.501 e. The van der Waals surface area contributed by atoms with E-state index in [1.165, 1.54) is 17.2 Å². The van der Waals surface area contributed by atoms with Gasteiger partial charge in [0.15, 0.2) is 0 Å². The van der Waals surface area contributed by atoms with Crippen molar-refractivity contribution in [1.29, 1.82) is 0 Å². The number of carbonyl (C=O) groups is 1. The average molecular weight is 274 g/mol. The number of hydrogen-bond acceptors (Lipinski definition) is 4. The van der Waals surface area contributed by atoms with Crippen molar-refractivity contribution in [2.45, 2.75) is 31.8 Å². The van der Waals surface area contributed by atoms with Gasteiger partial charge in [-0.15, -0.1) is 0 Å². The highest BCUT2D eigenvalue weighted by atomic mass is 16.5. The molecule has 0 amide bonds. The summed E-state index contributed by atoms with van der Waals surface area (Å²) in [6.45, 7) is 0.779. The lowest BCUT2D eigenvalue weighted by Gasteiger charge is -2.22. The van der Waals surface area contributed by atoms with E-state index < -0.39 is 0 Å². The van der Waals surface area contributed by atoms with Gasteiger partial charge in [-0.05, 0) is 30.0 Å². The van der Waals surface area contributed by atoms with Crippen LogP contribution in [0.3, 0.4) is 0 Å². The van der Waals surface area contributed by atoms with E-state index in [1.54, 1.807) is 7.11 Å². The van der Waals surface area contributed by atoms with Crippen molar-refractivity contribution >= 4 is 5.97 Å². The number of fused-ring (bicyclic) bond motifs is 1. The fourth-order valence-corrected chi connectivity index (χ4v) is 2.68. The van der Waals surface area contributed by atoms with Gasteiger partial charge in [0, 0.05) is 12.8 Å². The summed E-state index contributed by atoms with van der Waals surface area (Å²) in [4.78, 5) is 11.4. The third kappa shape index (κ3) is 2.79. The quantitative estimate of drug-likeness (QED) is 0.791. The van der Waals surface area contributed by atoms with Crippen molar-refractivity contribution < 1.29 is 19.0 Å². The number of carbonyl (C=O) groups excluding carboxylic acids is 1. The van der Waals surface area contributed by atoms with E-state index >= 15 is 0 Å². The molecule has 0 aliphatic carbocycles. The van der Waals surface area contributed by atoms with Crippen molar-refractivity contribution in [3.05, 3.63) is 41.2 Å². The van der Waals surface area contributed by atoms with Crippen molar-refractivity contribution in [2.75, 3.05) is 13.7 Å². The molecule has 1 aromatic carbocycles. The van der Waals surface area contributed by atoms with Crippen LogP contribution in [0.1, 0.15) is 24.0 Å². The summed E-state index contributed by atoms with van der Waals surface area (Å²) in [7, 11) is 1.59. The number of benzene rings is 1. The maximum absolute atomic E-state index is 11.4. The Morgan fingerprint density at radius 3 is 3.15 bits per heavy atom. The number of rotatable bonds is 4. The fraction of sp³-hybridized carbons (Fsp3) is 0.438. The SMILES string of the molecule is COC1=CC(=O)OC(CCc2ccc3c(c2)CCO3)C1. The standard InChI is InChI=1S/C16H18O4/c1-18-14-9-13(20-16(17)10-14)4-2-11-3-5-15-12(8-11)6-7-19-15/h3,5,8,10,13H,2,4,6-7,9H2,1H3. The molecule has 0 radical (unpaired) electrons. The lowest BCUT2D eigenvalue weighted by atomic mass is 10.0. The smallest absolute Gasteiger partial charge is 0.334 e. The number of hydrogen-bond donors (Lipinski definition) is 0. The lowest BCUT2D eigenvalue weighted by Crippen LogP contribution is -2.23. The lowest BCUT2D eigenvalue weighted by molar-refractivity contribution is -0.145. The van der Waals surface area contributed by atoms with Crippen molar-refractivity contribution in [2.24, 2.45) is 0 Å². The van der Waals surface area contributed by atoms with Crippen molar-refractivity contribution in [1.82, 2.24) is 0 Å². The van der Waals surface area contributed by atoms with Crippen LogP contribution in [0.2, 0.25) is 0 Å². The fourth-order valence-electron chi connectivity index (χ4n) is 2.68. The Morgan fingerprint density at radius 2 is 2.30 bits per heavy atom. The summed E-state index contributed by atoms with van der Waals surface area (Å²) >= 11 is 0. The summed E-state index contributed by atoms with van der Waals surface area (Å²) < 4.78 is 16.0. The number of esters is 1. The molecule has 0 fully saturated rings. The maximum atomic E-state index is 11.4. The summed E-state index contributed by atoms with van der Waals surface area (Å²) in [5.41, 5.74) is 2.54. The molecule has 1 aromatic rings. The van der Waals surface area contributed by atoms with E-state index in [-0.39, 0.29) is 12.1 Å². The largest absolute Gasteiger partial charge is 0.501 e. The van der Waals surface area contributed by atoms with Gasteiger partial charge >= 0.3 is 5.97 Å². The molecule has 1 unspecified atom stereocenters. The topological polar surface area (TPSA) is 44.8 Å². The van der Waals surface area contributed by atoms with E-state index in [9.17, 15) is 4.79 Å². The van der Waals surface area contributed by atoms with Gasteiger partial charge in [-0.2, -0.15) is 0 Å². The van der Waals surface area contributed by atoms with E-state index in [0.29, 0.717) is 12.2 Å². The van der Waals surface area contributed by atoms with Crippen molar-refractivity contribution in [3.63, 3.8) is 0 Å². The number of aryl methyl sites for hydroxylation is 1. The highest BCUT2D eigenvalue weighted by molar-refractivity contribution is 5.83. The van der Waals surface area contributed by atoms with E-state index in [2.05, 4.69) is 12.1 Å². The predicted molar refractivity (Wildman–Crippen MR) is 73.6 cm³/mol. The molecule has 106 valence electrons. The second-order valence-electron chi connectivity index (χ2n) is 5.16. The molecule has 1 atom stereocenters. The third-order valence-corrected chi connectivity index (χ3v) is 3.76. The second-order valence-corrected chi connectivity index (χ2v) is 5.16.